The molecule has 0 radical (unpaired) electrons. The quantitative estimate of drug-likeness (QED) is 0.318. The Balaban J connectivity index is 1.72. The molecule has 2 aromatic heterocycles. The van der Waals surface area contributed by atoms with Crippen LogP contribution in [0.5, 0.6) is 5.75 Å². The number of esters is 1. The molecule has 1 aromatic carbocycles. The molecule has 178 valence electrons. The van der Waals surface area contributed by atoms with E-state index < -0.39 is 5.97 Å². The topological polar surface area (TPSA) is 87.0 Å². The molecule has 34 heavy (non-hydrogen) atoms. The SMILES string of the molecule is CCOC(=O)c1cn(C2CC2)c2c(OC)c(-c3cc4c(s3)CCC(C)(C)C4N=O)ccc2c1=O. The number of rotatable bonds is 6. The van der Waals surface area contributed by atoms with Crippen LogP contribution in [-0.2, 0) is 11.2 Å². The average molecular weight is 481 g/mol. The summed E-state index contributed by atoms with van der Waals surface area (Å²) < 4.78 is 13.0. The largest absolute Gasteiger partial charge is 0.494 e. The lowest BCUT2D eigenvalue weighted by Crippen LogP contribution is -2.25. The first-order valence-electron chi connectivity index (χ1n) is 11.7. The van der Waals surface area contributed by atoms with Crippen LogP contribution < -0.4 is 10.2 Å². The van der Waals surface area contributed by atoms with Crippen LogP contribution in [0.4, 0.5) is 0 Å². The highest BCUT2D eigenvalue weighted by atomic mass is 32.1. The molecule has 7 nitrogen and oxygen atoms in total. The molecular formula is C26H28N2O5S. The molecule has 5 rings (SSSR count). The van der Waals surface area contributed by atoms with Gasteiger partial charge in [0.1, 0.15) is 11.6 Å². The van der Waals surface area contributed by atoms with E-state index >= 15 is 0 Å². The fourth-order valence-corrected chi connectivity index (χ4v) is 6.22. The van der Waals surface area contributed by atoms with E-state index in [-0.39, 0.29) is 35.1 Å². The number of carbonyl (C=O) groups is 1. The van der Waals surface area contributed by atoms with E-state index in [1.165, 1.54) is 4.88 Å². The monoisotopic (exact) mass is 480 g/mol. The van der Waals surface area contributed by atoms with E-state index in [1.54, 1.807) is 37.6 Å². The molecule has 0 N–H and O–H groups in total. The van der Waals surface area contributed by atoms with Crippen molar-refractivity contribution in [1.82, 2.24) is 4.57 Å². The molecule has 2 heterocycles. The fraction of sp³-hybridized carbons (Fsp3) is 0.462. The zero-order valence-corrected chi connectivity index (χ0v) is 20.7. The molecule has 0 aliphatic heterocycles. The molecule has 1 atom stereocenters. The molecule has 1 fully saturated rings. The fourth-order valence-electron chi connectivity index (χ4n) is 5.01. The van der Waals surface area contributed by atoms with Crippen molar-refractivity contribution in [3.8, 4) is 16.2 Å². The van der Waals surface area contributed by atoms with Gasteiger partial charge in [-0.25, -0.2) is 4.79 Å². The van der Waals surface area contributed by atoms with E-state index in [2.05, 4.69) is 25.1 Å². The Morgan fingerprint density at radius 2 is 2.06 bits per heavy atom. The number of aromatic nitrogens is 1. The van der Waals surface area contributed by atoms with Crippen molar-refractivity contribution in [2.75, 3.05) is 13.7 Å². The minimum absolute atomic E-state index is 0.0461. The van der Waals surface area contributed by atoms with Crippen molar-refractivity contribution in [3.05, 3.63) is 55.5 Å². The Kier molecular flexibility index (Phi) is 5.59. The lowest BCUT2D eigenvalue weighted by Gasteiger charge is -2.33. The van der Waals surface area contributed by atoms with E-state index in [1.807, 2.05) is 10.6 Å². The standard InChI is InChI=1S/C26H28N2O5S/c1-5-33-25(30)18-13-28(14-6-7-14)21-16(22(18)29)9-8-15(23(21)32-4)20-12-17-19(34-20)10-11-26(2,3)24(17)27-31/h8-9,12-14,24H,5-7,10-11H2,1-4H3. The van der Waals surface area contributed by atoms with Gasteiger partial charge in [0.15, 0.2) is 5.75 Å². The number of benzene rings is 1. The molecule has 3 aromatic rings. The van der Waals surface area contributed by atoms with E-state index in [4.69, 9.17) is 9.47 Å². The van der Waals surface area contributed by atoms with Crippen LogP contribution in [0.3, 0.4) is 0 Å². The van der Waals surface area contributed by atoms with Crippen LogP contribution >= 0.6 is 11.3 Å². The van der Waals surface area contributed by atoms with E-state index in [0.717, 1.165) is 41.7 Å². The maximum absolute atomic E-state index is 13.3. The molecule has 1 saturated carbocycles. The van der Waals surface area contributed by atoms with Crippen molar-refractivity contribution in [2.45, 2.75) is 58.5 Å². The van der Waals surface area contributed by atoms with Gasteiger partial charge in [0.05, 0.1) is 24.6 Å². The van der Waals surface area contributed by atoms with Gasteiger partial charge in [-0.15, -0.1) is 11.3 Å². The number of nitroso groups, excluding NO2 is 1. The van der Waals surface area contributed by atoms with Crippen molar-refractivity contribution in [2.24, 2.45) is 10.6 Å². The zero-order valence-electron chi connectivity index (χ0n) is 19.8. The molecule has 0 saturated heterocycles. The van der Waals surface area contributed by atoms with E-state index in [0.29, 0.717) is 16.7 Å². The summed E-state index contributed by atoms with van der Waals surface area (Å²) in [4.78, 5) is 39.6. The Hall–Kier alpha value is -3.00. The number of pyridine rings is 1. The normalized spacial score (nSPS) is 19.0. The predicted molar refractivity (Wildman–Crippen MR) is 133 cm³/mol. The number of methoxy groups -OCH3 is 1. The van der Waals surface area contributed by atoms with Crippen molar-refractivity contribution >= 4 is 28.2 Å². The van der Waals surface area contributed by atoms with Crippen molar-refractivity contribution in [1.29, 1.82) is 0 Å². The third kappa shape index (κ3) is 3.55. The summed E-state index contributed by atoms with van der Waals surface area (Å²) >= 11 is 1.65. The van der Waals surface area contributed by atoms with Gasteiger partial charge < -0.3 is 14.0 Å². The van der Waals surface area contributed by atoms with Crippen molar-refractivity contribution in [3.63, 3.8) is 0 Å². The first kappa shape index (κ1) is 22.8. The zero-order chi connectivity index (χ0) is 24.2. The van der Waals surface area contributed by atoms with Crippen LogP contribution in [0.1, 0.15) is 72.9 Å². The van der Waals surface area contributed by atoms with Crippen LogP contribution in [-0.4, -0.2) is 24.3 Å². The van der Waals surface area contributed by atoms with E-state index in [9.17, 15) is 14.5 Å². The minimum Gasteiger partial charge on any atom is -0.494 e. The van der Waals surface area contributed by atoms with Crippen LogP contribution in [0.15, 0.2) is 34.4 Å². The van der Waals surface area contributed by atoms with Gasteiger partial charge in [0.2, 0.25) is 5.43 Å². The summed E-state index contributed by atoms with van der Waals surface area (Å²) in [5, 5.41) is 3.91. The second kappa shape index (κ2) is 8.34. The van der Waals surface area contributed by atoms with Crippen molar-refractivity contribution < 1.29 is 14.3 Å². The van der Waals surface area contributed by atoms with Gasteiger partial charge in [-0.1, -0.05) is 19.0 Å². The number of hydrogen-bond acceptors (Lipinski definition) is 7. The maximum Gasteiger partial charge on any atom is 0.343 e. The van der Waals surface area contributed by atoms with Gasteiger partial charge in [-0.3, -0.25) is 4.79 Å². The summed E-state index contributed by atoms with van der Waals surface area (Å²) in [7, 11) is 1.60. The Morgan fingerprint density at radius 3 is 2.71 bits per heavy atom. The average Bonchev–Trinajstić information content (AvgIpc) is 3.57. The van der Waals surface area contributed by atoms with Gasteiger partial charge in [0, 0.05) is 27.6 Å². The summed E-state index contributed by atoms with van der Waals surface area (Å²) in [6.07, 6.45) is 5.39. The van der Waals surface area contributed by atoms with Crippen LogP contribution in [0.25, 0.3) is 21.3 Å². The van der Waals surface area contributed by atoms with Gasteiger partial charge in [-0.05, 0) is 61.8 Å². The Bertz CT molecular complexity index is 1370. The molecule has 0 bridgehead atoms. The summed E-state index contributed by atoms with van der Waals surface area (Å²) in [5.41, 5.74) is 2.06. The Morgan fingerprint density at radius 1 is 1.29 bits per heavy atom. The van der Waals surface area contributed by atoms with Crippen LogP contribution in [0.2, 0.25) is 0 Å². The summed E-state index contributed by atoms with van der Waals surface area (Å²) in [6, 6.07) is 5.53. The van der Waals surface area contributed by atoms with Gasteiger partial charge in [-0.2, -0.15) is 4.91 Å². The number of aryl methyl sites for hydroxylation is 1. The summed E-state index contributed by atoms with van der Waals surface area (Å²) in [6.45, 7) is 6.11. The first-order valence-corrected chi connectivity index (χ1v) is 12.5. The second-order valence-electron chi connectivity index (χ2n) is 9.76. The Labute approximate surface area is 201 Å². The molecule has 2 aliphatic carbocycles. The number of thiophene rings is 1. The third-order valence-corrected chi connectivity index (χ3v) is 8.27. The van der Waals surface area contributed by atoms with Gasteiger partial charge in [0.25, 0.3) is 0 Å². The molecular weight excluding hydrogens is 452 g/mol. The van der Waals surface area contributed by atoms with Gasteiger partial charge >= 0.3 is 5.97 Å². The van der Waals surface area contributed by atoms with Crippen LogP contribution in [0, 0.1) is 10.3 Å². The second-order valence-corrected chi connectivity index (χ2v) is 10.9. The molecule has 0 amide bonds. The number of carbonyl (C=O) groups excluding carboxylic acids is 1. The maximum atomic E-state index is 13.3. The smallest absolute Gasteiger partial charge is 0.343 e. The highest BCUT2D eigenvalue weighted by Crippen LogP contribution is 2.51. The predicted octanol–water partition coefficient (Wildman–Crippen LogP) is 6.03. The number of fused-ring (bicyclic) bond motifs is 2. The third-order valence-electron chi connectivity index (χ3n) is 7.03. The number of nitrogens with zero attached hydrogens (tertiary/aromatic N) is 2. The molecule has 1 unspecified atom stereocenters. The lowest BCUT2D eigenvalue weighted by atomic mass is 9.73. The minimum atomic E-state index is -0.604. The number of ether oxygens (including phenoxy) is 2. The molecule has 2 aliphatic rings. The summed E-state index contributed by atoms with van der Waals surface area (Å²) in [5.74, 6) is -0.00169. The molecule has 8 heteroatoms. The first-order chi connectivity index (χ1) is 16.3. The lowest BCUT2D eigenvalue weighted by molar-refractivity contribution is 0.0524. The number of hydrogen-bond donors (Lipinski definition) is 0. The highest BCUT2D eigenvalue weighted by molar-refractivity contribution is 7.15. The molecule has 0 spiro atoms. The highest BCUT2D eigenvalue weighted by Gasteiger charge is 2.39.